The van der Waals surface area contributed by atoms with Crippen LogP contribution < -0.4 is 10.6 Å². The molecule has 1 unspecified atom stereocenters. The normalized spacial score (nSPS) is 16.1. The maximum absolute atomic E-state index is 13.9. The largest absolute Gasteiger partial charge is 0.481 e. The third-order valence-corrected chi connectivity index (χ3v) is 6.96. The third-order valence-electron chi connectivity index (χ3n) is 6.96. The SMILES string of the molecule is Cc1cc(C)c2c(c1)N(C)CC2Cn1c(=O)n([C@H](CC(=O)O)c2ccccc2)c2ccccc21. The molecule has 3 aromatic carbocycles. The topological polar surface area (TPSA) is 67.5 Å². The molecule has 0 aliphatic carbocycles. The number of anilines is 1. The molecule has 0 saturated heterocycles. The first-order valence-corrected chi connectivity index (χ1v) is 11.6. The second-order valence-corrected chi connectivity index (χ2v) is 9.37. The lowest BCUT2D eigenvalue weighted by molar-refractivity contribution is -0.137. The number of hydrogen-bond donors (Lipinski definition) is 1. The first-order chi connectivity index (χ1) is 16.3. The van der Waals surface area contributed by atoms with Gasteiger partial charge in [0.25, 0.3) is 0 Å². The van der Waals surface area contributed by atoms with Crippen LogP contribution in [-0.2, 0) is 11.3 Å². The van der Waals surface area contributed by atoms with Gasteiger partial charge in [-0.1, -0.05) is 48.5 Å². The number of hydrogen-bond acceptors (Lipinski definition) is 3. The lowest BCUT2D eigenvalue weighted by atomic mass is 9.95. The zero-order valence-corrected chi connectivity index (χ0v) is 19.7. The summed E-state index contributed by atoms with van der Waals surface area (Å²) in [5.41, 5.74) is 7.24. The fraction of sp³-hybridized carbons (Fsp3) is 0.286. The van der Waals surface area contributed by atoms with Crippen molar-refractivity contribution in [3.8, 4) is 0 Å². The second kappa shape index (κ2) is 8.52. The van der Waals surface area contributed by atoms with E-state index in [0.29, 0.717) is 6.54 Å². The summed E-state index contributed by atoms with van der Waals surface area (Å²) < 4.78 is 3.50. The van der Waals surface area contributed by atoms with Crippen molar-refractivity contribution < 1.29 is 9.90 Å². The van der Waals surface area contributed by atoms with Crippen molar-refractivity contribution in [1.82, 2.24) is 9.13 Å². The standard InChI is InChI=1S/C28H29N3O3/c1-18-13-19(2)27-21(16-29(3)25(27)14-18)17-30-22-11-7-8-12-23(22)31(28(30)34)24(15-26(32)33)20-9-5-4-6-10-20/h4-14,21,24H,15-17H2,1-3H3,(H,32,33)/t21?,24-/m1/s1. The molecule has 0 saturated carbocycles. The van der Waals surface area contributed by atoms with Crippen LogP contribution in [0.1, 0.15) is 40.6 Å². The smallest absolute Gasteiger partial charge is 0.329 e. The molecule has 0 bridgehead atoms. The summed E-state index contributed by atoms with van der Waals surface area (Å²) in [6.07, 6.45) is -0.161. The molecule has 6 nitrogen and oxygen atoms in total. The van der Waals surface area contributed by atoms with Gasteiger partial charge in [0.2, 0.25) is 0 Å². The Balaban J connectivity index is 1.65. The van der Waals surface area contributed by atoms with Crippen LogP contribution in [0, 0.1) is 13.8 Å². The van der Waals surface area contributed by atoms with Crippen molar-refractivity contribution in [2.75, 3.05) is 18.5 Å². The molecule has 0 fully saturated rings. The molecule has 6 heteroatoms. The van der Waals surface area contributed by atoms with Crippen LogP contribution in [0.15, 0.2) is 71.5 Å². The quantitative estimate of drug-likeness (QED) is 0.457. The number of benzene rings is 3. The van der Waals surface area contributed by atoms with E-state index in [9.17, 15) is 14.7 Å². The number of carbonyl (C=O) groups is 1. The molecule has 0 amide bonds. The van der Waals surface area contributed by atoms with Crippen molar-refractivity contribution in [1.29, 1.82) is 0 Å². The third kappa shape index (κ3) is 3.69. The average Bonchev–Trinajstić information content (AvgIpc) is 3.27. The summed E-state index contributed by atoms with van der Waals surface area (Å²) in [6, 6.07) is 21.0. The van der Waals surface area contributed by atoms with Crippen molar-refractivity contribution in [2.45, 2.75) is 38.8 Å². The molecule has 2 heterocycles. The van der Waals surface area contributed by atoms with Crippen LogP contribution in [0.3, 0.4) is 0 Å². The van der Waals surface area contributed by atoms with Gasteiger partial charge in [-0.15, -0.1) is 0 Å². The van der Waals surface area contributed by atoms with Crippen molar-refractivity contribution in [3.63, 3.8) is 0 Å². The average molecular weight is 456 g/mol. The molecular weight excluding hydrogens is 426 g/mol. The van der Waals surface area contributed by atoms with Gasteiger partial charge in [0.15, 0.2) is 0 Å². The number of carboxylic acids is 1. The second-order valence-electron chi connectivity index (χ2n) is 9.37. The van der Waals surface area contributed by atoms with Gasteiger partial charge in [0.05, 0.1) is 23.5 Å². The molecule has 5 rings (SSSR count). The number of likely N-dealkylation sites (N-methyl/N-ethyl adjacent to an activating group) is 1. The number of imidazole rings is 1. The molecule has 4 aromatic rings. The van der Waals surface area contributed by atoms with E-state index in [1.807, 2.05) is 59.2 Å². The van der Waals surface area contributed by atoms with Gasteiger partial charge in [0, 0.05) is 31.7 Å². The molecule has 1 aromatic heterocycles. The van der Waals surface area contributed by atoms with Gasteiger partial charge in [-0.05, 0) is 54.3 Å². The lowest BCUT2D eigenvalue weighted by Gasteiger charge is -2.18. The fourth-order valence-electron chi connectivity index (χ4n) is 5.60. The molecule has 0 radical (unpaired) electrons. The van der Waals surface area contributed by atoms with Gasteiger partial charge in [-0.2, -0.15) is 0 Å². The van der Waals surface area contributed by atoms with Crippen LogP contribution in [0.5, 0.6) is 0 Å². The van der Waals surface area contributed by atoms with Crippen LogP contribution in [-0.4, -0.2) is 33.8 Å². The Bertz CT molecular complexity index is 1430. The molecule has 0 spiro atoms. The molecule has 174 valence electrons. The minimum atomic E-state index is -0.935. The summed E-state index contributed by atoms with van der Waals surface area (Å²) in [5.74, 6) is -0.762. The van der Waals surface area contributed by atoms with Crippen LogP contribution in [0.4, 0.5) is 5.69 Å². The van der Waals surface area contributed by atoms with E-state index >= 15 is 0 Å². The molecule has 2 atom stereocenters. The number of aromatic nitrogens is 2. The molecule has 1 aliphatic rings. The Morgan fingerprint density at radius 3 is 2.41 bits per heavy atom. The molecule has 1 aliphatic heterocycles. The summed E-state index contributed by atoms with van der Waals surface area (Å²) >= 11 is 0. The molecule has 1 N–H and O–H groups in total. The Morgan fingerprint density at radius 1 is 1.03 bits per heavy atom. The predicted octanol–water partition coefficient (Wildman–Crippen LogP) is 4.72. The highest BCUT2D eigenvalue weighted by Crippen LogP contribution is 2.39. The highest BCUT2D eigenvalue weighted by atomic mass is 16.4. The van der Waals surface area contributed by atoms with E-state index < -0.39 is 12.0 Å². The van der Waals surface area contributed by atoms with Crippen LogP contribution >= 0.6 is 0 Å². The first kappa shape index (κ1) is 22.0. The summed E-state index contributed by atoms with van der Waals surface area (Å²) in [7, 11) is 2.10. The van der Waals surface area contributed by atoms with Crippen molar-refractivity contribution in [3.05, 3.63) is 99.5 Å². The monoisotopic (exact) mass is 455 g/mol. The lowest BCUT2D eigenvalue weighted by Crippen LogP contribution is -2.31. The van der Waals surface area contributed by atoms with E-state index in [0.717, 1.165) is 23.1 Å². The van der Waals surface area contributed by atoms with Gasteiger partial charge >= 0.3 is 11.7 Å². The maximum Gasteiger partial charge on any atom is 0.329 e. The van der Waals surface area contributed by atoms with Crippen molar-refractivity contribution >= 4 is 22.7 Å². The van der Waals surface area contributed by atoms with E-state index in [-0.39, 0.29) is 18.0 Å². The number of para-hydroxylation sites is 2. The first-order valence-electron chi connectivity index (χ1n) is 11.6. The van der Waals surface area contributed by atoms with E-state index in [1.54, 1.807) is 4.57 Å². The highest BCUT2D eigenvalue weighted by molar-refractivity contribution is 5.77. The van der Waals surface area contributed by atoms with E-state index in [4.69, 9.17) is 0 Å². The maximum atomic E-state index is 13.9. The van der Waals surface area contributed by atoms with Gasteiger partial charge in [-0.3, -0.25) is 13.9 Å². The van der Waals surface area contributed by atoms with E-state index in [2.05, 4.69) is 37.9 Å². The number of carboxylic acid groups (broad SMARTS) is 1. The van der Waals surface area contributed by atoms with Gasteiger partial charge in [0.1, 0.15) is 0 Å². The van der Waals surface area contributed by atoms with Crippen LogP contribution in [0.25, 0.3) is 11.0 Å². The fourth-order valence-corrected chi connectivity index (χ4v) is 5.60. The number of aryl methyl sites for hydroxylation is 2. The number of rotatable bonds is 6. The molecule has 34 heavy (non-hydrogen) atoms. The van der Waals surface area contributed by atoms with E-state index in [1.165, 1.54) is 22.4 Å². The molecular formula is C28H29N3O3. The number of fused-ring (bicyclic) bond motifs is 2. The Labute approximate surface area is 198 Å². The minimum Gasteiger partial charge on any atom is -0.481 e. The summed E-state index contributed by atoms with van der Waals surface area (Å²) in [5, 5.41) is 9.67. The summed E-state index contributed by atoms with van der Waals surface area (Å²) in [6.45, 7) is 5.63. The summed E-state index contributed by atoms with van der Waals surface area (Å²) in [4.78, 5) is 28.0. The zero-order valence-electron chi connectivity index (χ0n) is 19.7. The van der Waals surface area contributed by atoms with Gasteiger partial charge in [-0.25, -0.2) is 4.79 Å². The Hall–Kier alpha value is -3.80. The van der Waals surface area contributed by atoms with Crippen LogP contribution in [0.2, 0.25) is 0 Å². The van der Waals surface area contributed by atoms with Crippen molar-refractivity contribution in [2.24, 2.45) is 0 Å². The Morgan fingerprint density at radius 2 is 1.71 bits per heavy atom. The van der Waals surface area contributed by atoms with Gasteiger partial charge < -0.3 is 10.0 Å². The highest BCUT2D eigenvalue weighted by Gasteiger charge is 2.31. The predicted molar refractivity (Wildman–Crippen MR) is 135 cm³/mol. The Kier molecular flexibility index (Phi) is 5.52. The minimum absolute atomic E-state index is 0.161. The zero-order chi connectivity index (χ0) is 24.0. The number of aliphatic carboxylic acids is 1. The number of nitrogens with zero attached hydrogens (tertiary/aromatic N) is 3.